The van der Waals surface area contributed by atoms with Crippen LogP contribution in [0.1, 0.15) is 27.2 Å². The van der Waals surface area contributed by atoms with Gasteiger partial charge in [-0.25, -0.2) is 4.79 Å². The Morgan fingerprint density at radius 1 is 1.22 bits per heavy atom. The molecule has 8 heteroatoms. The smallest absolute Gasteiger partial charge is 0.444 e. The molecule has 0 bridgehead atoms. The molecule has 0 aromatic rings. The molecule has 3 N–H and O–H groups in total. The van der Waals surface area contributed by atoms with Crippen LogP contribution >= 0.6 is 8.03 Å². The van der Waals surface area contributed by atoms with E-state index in [0.29, 0.717) is 19.5 Å². The van der Waals surface area contributed by atoms with Crippen molar-refractivity contribution in [2.75, 3.05) is 19.3 Å². The molecule has 1 unspecified atom stereocenters. The second kappa shape index (κ2) is 8.00. The lowest BCUT2D eigenvalue weighted by Gasteiger charge is -2.19. The van der Waals surface area contributed by atoms with E-state index in [9.17, 15) is 14.2 Å². The van der Waals surface area contributed by atoms with Crippen molar-refractivity contribution in [3.63, 3.8) is 0 Å². The molecule has 104 valence electrons. The van der Waals surface area contributed by atoms with Crippen LogP contribution in [0.25, 0.3) is 0 Å². The van der Waals surface area contributed by atoms with E-state index in [1.54, 1.807) is 20.8 Å². The Bertz CT molecular complexity index is 314. The van der Waals surface area contributed by atoms with E-state index >= 15 is 0 Å². The molecule has 0 saturated heterocycles. The maximum atomic E-state index is 11.2. The van der Waals surface area contributed by atoms with Crippen LogP contribution in [0.4, 0.5) is 4.79 Å². The summed E-state index contributed by atoms with van der Waals surface area (Å²) in [6, 6.07) is 0. The van der Waals surface area contributed by atoms with Gasteiger partial charge in [-0.05, 0) is 31.8 Å². The second-order valence-electron chi connectivity index (χ2n) is 4.64. The highest BCUT2D eigenvalue weighted by atomic mass is 31.1. The van der Waals surface area contributed by atoms with Crippen LogP contribution in [0, 0.1) is 0 Å². The Labute approximate surface area is 107 Å². The first-order valence-electron chi connectivity index (χ1n) is 5.58. The lowest BCUT2D eigenvalue weighted by molar-refractivity contribution is -0.118. The lowest BCUT2D eigenvalue weighted by Crippen LogP contribution is -2.34. The minimum absolute atomic E-state index is 0.331. The van der Waals surface area contributed by atoms with Gasteiger partial charge in [0.05, 0.1) is 0 Å². The zero-order valence-corrected chi connectivity index (χ0v) is 11.8. The fraction of sp³-hybridized carbons (Fsp3) is 0.800. The van der Waals surface area contributed by atoms with E-state index in [0.717, 1.165) is 0 Å². The number of carbonyl (C=O) groups is 2. The quantitative estimate of drug-likeness (QED) is 0.491. The molecule has 2 amide bonds. The van der Waals surface area contributed by atoms with Crippen LogP contribution in [0.2, 0.25) is 0 Å². The number of carbonyl (C=O) groups excluding carboxylic acids is 2. The van der Waals surface area contributed by atoms with Crippen molar-refractivity contribution in [3.05, 3.63) is 0 Å². The molecular weight excluding hydrogens is 259 g/mol. The summed E-state index contributed by atoms with van der Waals surface area (Å²) >= 11 is 0. The van der Waals surface area contributed by atoms with Gasteiger partial charge in [-0.2, -0.15) is 4.89 Å². The normalized spacial score (nSPS) is 11.7. The first-order valence-corrected chi connectivity index (χ1v) is 6.97. The maximum absolute atomic E-state index is 11.2. The lowest BCUT2D eigenvalue weighted by atomic mass is 10.2. The van der Waals surface area contributed by atoms with Crippen molar-refractivity contribution in [2.45, 2.75) is 32.8 Å². The summed E-state index contributed by atoms with van der Waals surface area (Å²) in [5.74, 6) is -0.476. The van der Waals surface area contributed by atoms with E-state index in [-0.39, 0.29) is 0 Å². The number of hydrogen-bond acceptors (Lipinski definition) is 4. The van der Waals surface area contributed by atoms with Gasteiger partial charge in [0.25, 0.3) is 12.1 Å². The molecule has 0 radical (unpaired) electrons. The molecule has 0 aliphatic rings. The SMILES string of the molecule is CC(C)(C)OC(=O)NCCCNC(=O)C[P+](=O)O. The predicted octanol–water partition coefficient (Wildman–Crippen LogP) is 0.752. The van der Waals surface area contributed by atoms with Crippen LogP contribution in [0.5, 0.6) is 0 Å². The molecule has 0 aliphatic heterocycles. The third kappa shape index (κ3) is 11.3. The molecule has 1 atom stereocenters. The van der Waals surface area contributed by atoms with Gasteiger partial charge in [-0.3, -0.25) is 4.79 Å². The van der Waals surface area contributed by atoms with Gasteiger partial charge in [-0.15, -0.1) is 0 Å². The van der Waals surface area contributed by atoms with Crippen molar-refractivity contribution in [1.82, 2.24) is 10.6 Å². The summed E-state index contributed by atoms with van der Waals surface area (Å²) in [6.07, 6.45) is -0.380. The first-order chi connectivity index (χ1) is 8.20. The summed E-state index contributed by atoms with van der Waals surface area (Å²) in [5, 5.41) is 5.00. The van der Waals surface area contributed by atoms with E-state index in [2.05, 4.69) is 10.6 Å². The van der Waals surface area contributed by atoms with Crippen molar-refractivity contribution >= 4 is 20.0 Å². The van der Waals surface area contributed by atoms with Gasteiger partial charge in [0.15, 0.2) is 0 Å². The van der Waals surface area contributed by atoms with Crippen LogP contribution in [0.3, 0.4) is 0 Å². The fourth-order valence-electron chi connectivity index (χ4n) is 1.000. The summed E-state index contributed by atoms with van der Waals surface area (Å²) in [7, 11) is -2.44. The van der Waals surface area contributed by atoms with E-state index in [4.69, 9.17) is 9.63 Å². The molecule has 0 aromatic heterocycles. The van der Waals surface area contributed by atoms with Gasteiger partial charge >= 0.3 is 14.1 Å². The highest BCUT2D eigenvalue weighted by molar-refractivity contribution is 7.39. The molecule has 0 fully saturated rings. The fourth-order valence-corrected chi connectivity index (χ4v) is 1.36. The second-order valence-corrected chi connectivity index (χ2v) is 5.66. The van der Waals surface area contributed by atoms with E-state index in [1.165, 1.54) is 0 Å². The van der Waals surface area contributed by atoms with Crippen LogP contribution < -0.4 is 10.6 Å². The summed E-state index contributed by atoms with van der Waals surface area (Å²) in [5.41, 5.74) is -0.537. The molecule has 0 spiro atoms. The molecular formula is C10H20N2O5P+. The van der Waals surface area contributed by atoms with Crippen LogP contribution in [-0.2, 0) is 14.1 Å². The van der Waals surface area contributed by atoms with Gasteiger partial charge in [-0.1, -0.05) is 0 Å². The number of amides is 2. The highest BCUT2D eigenvalue weighted by Gasteiger charge is 2.17. The topological polar surface area (TPSA) is 105 Å². The van der Waals surface area contributed by atoms with Crippen molar-refractivity contribution < 1.29 is 23.8 Å². The molecule has 0 saturated carbocycles. The van der Waals surface area contributed by atoms with Crippen LogP contribution in [-0.4, -0.2) is 41.7 Å². The number of rotatable bonds is 6. The Hall–Kier alpha value is -1.20. The van der Waals surface area contributed by atoms with Gasteiger partial charge in [0, 0.05) is 13.1 Å². The third-order valence-electron chi connectivity index (χ3n) is 1.62. The Balaban J connectivity index is 3.54. The Morgan fingerprint density at radius 3 is 2.28 bits per heavy atom. The third-order valence-corrected chi connectivity index (χ3v) is 2.18. The van der Waals surface area contributed by atoms with Gasteiger partial charge < -0.3 is 15.4 Å². The van der Waals surface area contributed by atoms with Gasteiger partial charge in [0.1, 0.15) is 5.60 Å². The summed E-state index contributed by atoms with van der Waals surface area (Å²) < 4.78 is 15.3. The monoisotopic (exact) mass is 279 g/mol. The zero-order chi connectivity index (χ0) is 14.2. The number of ether oxygens (including phenoxy) is 1. The van der Waals surface area contributed by atoms with Crippen molar-refractivity contribution in [1.29, 1.82) is 0 Å². The van der Waals surface area contributed by atoms with Crippen molar-refractivity contribution in [3.8, 4) is 0 Å². The Kier molecular flexibility index (Phi) is 7.47. The summed E-state index contributed by atoms with van der Waals surface area (Å²) in [4.78, 5) is 30.7. The minimum atomic E-state index is -2.44. The Morgan fingerprint density at radius 2 is 1.78 bits per heavy atom. The van der Waals surface area contributed by atoms with Crippen LogP contribution in [0.15, 0.2) is 0 Å². The number of hydrogen-bond donors (Lipinski definition) is 3. The number of nitrogens with one attached hydrogen (secondary N) is 2. The summed E-state index contributed by atoms with van der Waals surface area (Å²) in [6.45, 7) is 5.99. The standard InChI is InChI=1S/C10H19N2O5P/c1-10(2,3)17-9(14)12-6-4-5-11-8(13)7-18(15)16/h4-7H2,1-3H3,(H2-,11,12,13,14,15,16)/p+1. The average Bonchev–Trinajstić information content (AvgIpc) is 2.12. The molecule has 0 aliphatic carbocycles. The maximum Gasteiger partial charge on any atom is 0.515 e. The van der Waals surface area contributed by atoms with Crippen molar-refractivity contribution in [2.24, 2.45) is 0 Å². The minimum Gasteiger partial charge on any atom is -0.444 e. The van der Waals surface area contributed by atoms with E-state index in [1.807, 2.05) is 0 Å². The number of alkyl carbamates (subject to hydrolysis) is 1. The molecule has 0 aromatic carbocycles. The highest BCUT2D eigenvalue weighted by Crippen LogP contribution is 2.10. The molecule has 7 nitrogen and oxygen atoms in total. The average molecular weight is 279 g/mol. The molecule has 18 heavy (non-hydrogen) atoms. The molecule has 0 heterocycles. The predicted molar refractivity (Wildman–Crippen MR) is 66.6 cm³/mol. The van der Waals surface area contributed by atoms with E-state index < -0.39 is 31.8 Å². The van der Waals surface area contributed by atoms with Gasteiger partial charge in [0.2, 0.25) is 0 Å². The largest absolute Gasteiger partial charge is 0.515 e. The zero-order valence-electron chi connectivity index (χ0n) is 10.9. The first kappa shape index (κ1) is 16.8. The molecule has 0 rings (SSSR count).